The number of para-hydroxylation sites is 1. The van der Waals surface area contributed by atoms with Crippen LogP contribution in [0.15, 0.2) is 48.5 Å². The van der Waals surface area contributed by atoms with Crippen LogP contribution in [0.4, 0.5) is 11.4 Å². The molecule has 0 aliphatic rings. The van der Waals surface area contributed by atoms with E-state index in [4.69, 9.17) is 18.0 Å². The first kappa shape index (κ1) is 15.7. The summed E-state index contributed by atoms with van der Waals surface area (Å²) in [6.07, 6.45) is 0. The number of thiocarbonyl (C=S) groups is 1. The average molecular weight is 313 g/mol. The Kier molecular flexibility index (Phi) is 4.85. The molecule has 0 saturated heterocycles. The Bertz CT molecular complexity index is 726. The van der Waals surface area contributed by atoms with Crippen molar-refractivity contribution in [3.63, 3.8) is 0 Å². The van der Waals surface area contributed by atoms with Crippen LogP contribution < -0.4 is 16.4 Å². The van der Waals surface area contributed by atoms with E-state index in [1.54, 1.807) is 48.5 Å². The quantitative estimate of drug-likeness (QED) is 0.597. The van der Waals surface area contributed by atoms with Gasteiger partial charge in [0.05, 0.1) is 11.3 Å². The van der Waals surface area contributed by atoms with Crippen molar-refractivity contribution in [2.45, 2.75) is 6.92 Å². The molecule has 0 unspecified atom stereocenters. The lowest BCUT2D eigenvalue weighted by Gasteiger charge is -2.12. The molecule has 0 spiro atoms. The molecular formula is C16H15N3O2S. The Morgan fingerprint density at radius 1 is 1.00 bits per heavy atom. The maximum Gasteiger partial charge on any atom is 0.250 e. The van der Waals surface area contributed by atoms with Crippen molar-refractivity contribution in [3.8, 4) is 0 Å². The molecule has 6 heteroatoms. The zero-order valence-corrected chi connectivity index (χ0v) is 12.7. The van der Waals surface area contributed by atoms with Crippen LogP contribution in [0, 0.1) is 0 Å². The van der Waals surface area contributed by atoms with Gasteiger partial charge in [0.15, 0.2) is 10.9 Å². The van der Waals surface area contributed by atoms with Gasteiger partial charge in [0, 0.05) is 11.3 Å². The van der Waals surface area contributed by atoms with Gasteiger partial charge in [-0.15, -0.1) is 0 Å². The van der Waals surface area contributed by atoms with Crippen molar-refractivity contribution < 1.29 is 9.59 Å². The molecule has 1 amide bonds. The number of carbonyl (C=O) groups is 2. The van der Waals surface area contributed by atoms with Crippen LogP contribution >= 0.6 is 12.2 Å². The van der Waals surface area contributed by atoms with E-state index in [2.05, 4.69) is 10.6 Å². The standard InChI is InChI=1S/C16H15N3O2S/c1-10(20)11-6-8-12(9-7-11)18-16(22)19-14-5-3-2-4-13(14)15(17)21/h2-9H,1H3,(H2,17,21)(H2,18,19,22). The summed E-state index contributed by atoms with van der Waals surface area (Å²) < 4.78 is 0. The van der Waals surface area contributed by atoms with E-state index in [-0.39, 0.29) is 5.78 Å². The van der Waals surface area contributed by atoms with E-state index in [1.807, 2.05) is 0 Å². The highest BCUT2D eigenvalue weighted by Gasteiger charge is 2.08. The number of anilines is 2. The van der Waals surface area contributed by atoms with Gasteiger partial charge in [-0.2, -0.15) is 0 Å². The highest BCUT2D eigenvalue weighted by Crippen LogP contribution is 2.15. The van der Waals surface area contributed by atoms with Crippen molar-refractivity contribution in [1.29, 1.82) is 0 Å². The molecule has 0 radical (unpaired) electrons. The lowest BCUT2D eigenvalue weighted by Crippen LogP contribution is -2.22. The van der Waals surface area contributed by atoms with Gasteiger partial charge < -0.3 is 16.4 Å². The second-order valence-corrected chi connectivity index (χ2v) is 5.03. The molecule has 0 aliphatic carbocycles. The number of nitrogens with two attached hydrogens (primary N) is 1. The molecule has 0 saturated carbocycles. The van der Waals surface area contributed by atoms with Crippen LogP contribution in [0.3, 0.4) is 0 Å². The van der Waals surface area contributed by atoms with Crippen molar-refractivity contribution >= 4 is 40.4 Å². The summed E-state index contributed by atoms with van der Waals surface area (Å²) >= 11 is 5.21. The fourth-order valence-electron chi connectivity index (χ4n) is 1.88. The molecule has 2 aromatic carbocycles. The first-order valence-electron chi connectivity index (χ1n) is 6.55. The number of carbonyl (C=O) groups excluding carboxylic acids is 2. The Balaban J connectivity index is 2.07. The minimum absolute atomic E-state index is 0.00244. The fourth-order valence-corrected chi connectivity index (χ4v) is 2.11. The molecule has 0 heterocycles. The van der Waals surface area contributed by atoms with Crippen molar-refractivity contribution in [1.82, 2.24) is 0 Å². The first-order valence-corrected chi connectivity index (χ1v) is 6.96. The van der Waals surface area contributed by atoms with Crippen molar-refractivity contribution in [2.75, 3.05) is 10.6 Å². The van der Waals surface area contributed by atoms with Gasteiger partial charge in [-0.3, -0.25) is 9.59 Å². The van der Waals surface area contributed by atoms with E-state index in [0.717, 1.165) is 5.69 Å². The number of benzene rings is 2. The predicted molar refractivity (Wildman–Crippen MR) is 91.2 cm³/mol. The van der Waals surface area contributed by atoms with E-state index >= 15 is 0 Å². The lowest BCUT2D eigenvalue weighted by molar-refractivity contribution is 0.0997. The summed E-state index contributed by atoms with van der Waals surface area (Å²) in [6, 6.07) is 13.8. The predicted octanol–water partition coefficient (Wildman–Crippen LogP) is 2.80. The Hall–Kier alpha value is -2.73. The Morgan fingerprint density at radius 2 is 1.64 bits per heavy atom. The summed E-state index contributed by atoms with van der Waals surface area (Å²) in [4.78, 5) is 22.6. The normalized spacial score (nSPS) is 9.86. The number of primary amides is 1. The molecule has 5 nitrogen and oxygen atoms in total. The molecule has 0 atom stereocenters. The molecular weight excluding hydrogens is 298 g/mol. The topological polar surface area (TPSA) is 84.2 Å². The smallest absolute Gasteiger partial charge is 0.250 e. The third-order valence-corrected chi connectivity index (χ3v) is 3.19. The van der Waals surface area contributed by atoms with Crippen LogP contribution in [-0.2, 0) is 0 Å². The molecule has 112 valence electrons. The number of amides is 1. The average Bonchev–Trinajstić information content (AvgIpc) is 2.48. The first-order chi connectivity index (χ1) is 10.5. The highest BCUT2D eigenvalue weighted by molar-refractivity contribution is 7.80. The summed E-state index contributed by atoms with van der Waals surface area (Å²) in [6.45, 7) is 1.51. The highest BCUT2D eigenvalue weighted by atomic mass is 32.1. The lowest BCUT2D eigenvalue weighted by atomic mass is 10.1. The Morgan fingerprint density at radius 3 is 2.23 bits per heavy atom. The minimum Gasteiger partial charge on any atom is -0.366 e. The van der Waals surface area contributed by atoms with Crippen LogP contribution in [-0.4, -0.2) is 16.8 Å². The SMILES string of the molecule is CC(=O)c1ccc(NC(=S)Nc2ccccc2C(N)=O)cc1. The monoisotopic (exact) mass is 313 g/mol. The molecule has 22 heavy (non-hydrogen) atoms. The summed E-state index contributed by atoms with van der Waals surface area (Å²) in [5.74, 6) is -0.528. The van der Waals surface area contributed by atoms with Crippen molar-refractivity contribution in [3.05, 3.63) is 59.7 Å². The number of hydrogen-bond donors (Lipinski definition) is 3. The van der Waals surface area contributed by atoms with Gasteiger partial charge in [0.25, 0.3) is 5.91 Å². The molecule has 0 aromatic heterocycles. The Labute approximate surface area is 133 Å². The zero-order valence-electron chi connectivity index (χ0n) is 11.9. The molecule has 2 aromatic rings. The largest absolute Gasteiger partial charge is 0.366 e. The van der Waals surface area contributed by atoms with Gasteiger partial charge >= 0.3 is 0 Å². The molecule has 0 fully saturated rings. The second kappa shape index (κ2) is 6.82. The van der Waals surface area contributed by atoms with Gasteiger partial charge in [0.2, 0.25) is 0 Å². The van der Waals surface area contributed by atoms with E-state index in [9.17, 15) is 9.59 Å². The molecule has 2 rings (SSSR count). The summed E-state index contributed by atoms with van der Waals surface area (Å²) in [5, 5.41) is 6.23. The van der Waals surface area contributed by atoms with Gasteiger partial charge in [-0.1, -0.05) is 12.1 Å². The van der Waals surface area contributed by atoms with E-state index in [1.165, 1.54) is 6.92 Å². The maximum atomic E-state index is 11.3. The van der Waals surface area contributed by atoms with Gasteiger partial charge in [-0.25, -0.2) is 0 Å². The third-order valence-electron chi connectivity index (χ3n) is 2.99. The molecule has 0 bridgehead atoms. The van der Waals surface area contributed by atoms with Crippen molar-refractivity contribution in [2.24, 2.45) is 5.73 Å². The third kappa shape index (κ3) is 3.89. The number of Topliss-reactive ketones (excluding diaryl/α,β-unsaturated/α-hetero) is 1. The van der Waals surface area contributed by atoms with Crippen LogP contribution in [0.2, 0.25) is 0 Å². The zero-order chi connectivity index (χ0) is 16.1. The maximum absolute atomic E-state index is 11.3. The second-order valence-electron chi connectivity index (χ2n) is 4.62. The van der Waals surface area contributed by atoms with Gasteiger partial charge in [-0.05, 0) is 55.5 Å². The van der Waals surface area contributed by atoms with E-state index < -0.39 is 5.91 Å². The summed E-state index contributed by atoms with van der Waals surface area (Å²) in [5.41, 5.74) is 7.57. The van der Waals surface area contributed by atoms with Gasteiger partial charge in [0.1, 0.15) is 0 Å². The number of hydrogen-bond acceptors (Lipinski definition) is 3. The number of nitrogens with one attached hydrogen (secondary N) is 2. The molecule has 4 N–H and O–H groups in total. The molecule has 0 aliphatic heterocycles. The van der Waals surface area contributed by atoms with Crippen LogP contribution in [0.25, 0.3) is 0 Å². The fraction of sp³-hybridized carbons (Fsp3) is 0.0625. The minimum atomic E-state index is -0.531. The summed E-state index contributed by atoms with van der Waals surface area (Å²) in [7, 11) is 0. The van der Waals surface area contributed by atoms with Crippen LogP contribution in [0.1, 0.15) is 27.6 Å². The van der Waals surface area contributed by atoms with Crippen LogP contribution in [0.5, 0.6) is 0 Å². The van der Waals surface area contributed by atoms with E-state index in [0.29, 0.717) is 21.9 Å². The number of rotatable bonds is 4. The number of ketones is 1.